The van der Waals surface area contributed by atoms with Crippen molar-refractivity contribution in [2.75, 3.05) is 36.9 Å². The number of aromatic hydroxyl groups is 2. The second kappa shape index (κ2) is 11.7. The molecular weight excluding hydrogens is 422 g/mol. The summed E-state index contributed by atoms with van der Waals surface area (Å²) in [6.45, 7) is -0.161. The lowest BCUT2D eigenvalue weighted by molar-refractivity contribution is -0.394. The number of hydrogen-bond acceptors (Lipinski definition) is 12. The van der Waals surface area contributed by atoms with Crippen LogP contribution in [0.1, 0.15) is 0 Å². The van der Waals surface area contributed by atoms with E-state index in [-0.39, 0.29) is 49.1 Å². The number of rotatable bonds is 9. The summed E-state index contributed by atoms with van der Waals surface area (Å²) < 4.78 is 0. The van der Waals surface area contributed by atoms with Gasteiger partial charge >= 0.3 is 5.69 Å². The third-order valence-electron chi connectivity index (χ3n) is 3.51. The minimum atomic E-state index is -0.924. The van der Waals surface area contributed by atoms with Gasteiger partial charge in [0, 0.05) is 19.2 Å². The smallest absolute Gasteiger partial charge is 0.319 e. The van der Waals surface area contributed by atoms with Crippen molar-refractivity contribution in [3.8, 4) is 11.5 Å². The number of aliphatic hydroxyl groups is 2. The summed E-state index contributed by atoms with van der Waals surface area (Å²) in [4.78, 5) is 29.3. The van der Waals surface area contributed by atoms with Crippen LogP contribution in [0.5, 0.6) is 11.5 Å². The molecule has 0 saturated carbocycles. The van der Waals surface area contributed by atoms with E-state index in [9.17, 15) is 35.4 Å². The van der Waals surface area contributed by atoms with Crippen molar-refractivity contribution in [1.29, 1.82) is 0 Å². The number of benzene rings is 2. The number of anilines is 2. The normalized spacial score (nSPS) is 9.87. The van der Waals surface area contributed by atoms with E-state index >= 15 is 0 Å². The molecule has 0 saturated heterocycles. The molecule has 2 rings (SSSR count). The van der Waals surface area contributed by atoms with Gasteiger partial charge in [0.25, 0.3) is 11.4 Å². The average Bonchev–Trinajstić information content (AvgIpc) is 2.72. The Balaban J connectivity index is 0.000000316. The van der Waals surface area contributed by atoms with E-state index in [1.54, 1.807) is 0 Å². The topological polar surface area (TPSA) is 234 Å². The quantitative estimate of drug-likeness (QED) is 0.140. The molecule has 2 aromatic carbocycles. The lowest BCUT2D eigenvalue weighted by Crippen LogP contribution is -2.07. The van der Waals surface area contributed by atoms with Gasteiger partial charge in [-0.25, -0.2) is 0 Å². The first-order valence-corrected chi connectivity index (χ1v) is 8.45. The Bertz CT molecular complexity index is 953. The second-order valence-electron chi connectivity index (χ2n) is 5.63. The highest BCUT2D eigenvalue weighted by atomic mass is 16.6. The zero-order valence-electron chi connectivity index (χ0n) is 15.8. The standard InChI is InChI=1S/C8H9N3O6.C8H10N2O4/c12-2-1-9-6-3-5(10(14)15)4-7(8(6)13)11(16)17;11-4-3-9-7-2-1-6(12)5-8(7)10(13)14/h3-4,9,12-13H,1-2H2;1-2,5,9,11-12H,3-4H2. The highest BCUT2D eigenvalue weighted by Crippen LogP contribution is 2.37. The number of nitro groups is 3. The zero-order valence-corrected chi connectivity index (χ0v) is 15.8. The Morgan fingerprint density at radius 1 is 0.742 bits per heavy atom. The SMILES string of the molecule is O=[N+]([O-])c1cc(NCCO)c(O)c([N+](=O)[O-])c1.O=[N+]([O-])c1cc(O)ccc1NCCO. The van der Waals surface area contributed by atoms with Crippen molar-refractivity contribution < 1.29 is 35.2 Å². The lowest BCUT2D eigenvalue weighted by atomic mass is 10.2. The number of phenols is 2. The van der Waals surface area contributed by atoms with Crippen molar-refractivity contribution in [2.45, 2.75) is 0 Å². The molecule has 31 heavy (non-hydrogen) atoms. The summed E-state index contributed by atoms with van der Waals surface area (Å²) in [5.74, 6) is -0.861. The van der Waals surface area contributed by atoms with Gasteiger partial charge in [-0.15, -0.1) is 0 Å². The summed E-state index contributed by atoms with van der Waals surface area (Å²) in [5, 5.41) is 72.4. The number of aliphatic hydroxyl groups excluding tert-OH is 2. The fourth-order valence-electron chi connectivity index (χ4n) is 2.19. The molecule has 0 aromatic heterocycles. The van der Waals surface area contributed by atoms with Crippen molar-refractivity contribution in [3.05, 3.63) is 60.7 Å². The van der Waals surface area contributed by atoms with Crippen LogP contribution in [-0.2, 0) is 0 Å². The third kappa shape index (κ3) is 7.26. The molecule has 0 aliphatic rings. The van der Waals surface area contributed by atoms with Crippen LogP contribution >= 0.6 is 0 Å². The van der Waals surface area contributed by atoms with E-state index in [0.29, 0.717) is 6.07 Å². The summed E-state index contributed by atoms with van der Waals surface area (Å²) in [6, 6.07) is 5.41. The molecule has 0 unspecified atom stereocenters. The molecule has 2 aromatic rings. The molecular formula is C16H19N5O10. The van der Waals surface area contributed by atoms with Crippen LogP contribution in [0, 0.1) is 30.3 Å². The molecule has 0 fully saturated rings. The number of nitrogens with one attached hydrogen (secondary N) is 2. The minimum Gasteiger partial charge on any atom is -0.508 e. The monoisotopic (exact) mass is 441 g/mol. The van der Waals surface area contributed by atoms with Crippen molar-refractivity contribution in [1.82, 2.24) is 0 Å². The van der Waals surface area contributed by atoms with Gasteiger partial charge in [-0.3, -0.25) is 30.3 Å². The fraction of sp³-hybridized carbons (Fsp3) is 0.250. The molecule has 0 amide bonds. The lowest BCUT2D eigenvalue weighted by Gasteiger charge is -2.06. The maximum absolute atomic E-state index is 10.6. The molecule has 168 valence electrons. The van der Waals surface area contributed by atoms with E-state index in [0.717, 1.165) is 12.1 Å². The highest BCUT2D eigenvalue weighted by Gasteiger charge is 2.23. The van der Waals surface area contributed by atoms with Gasteiger partial charge in [-0.1, -0.05) is 0 Å². The van der Waals surface area contributed by atoms with Crippen molar-refractivity contribution in [2.24, 2.45) is 0 Å². The molecule has 0 atom stereocenters. The average molecular weight is 441 g/mol. The highest BCUT2D eigenvalue weighted by molar-refractivity contribution is 5.70. The van der Waals surface area contributed by atoms with Gasteiger partial charge in [0.2, 0.25) is 5.75 Å². The predicted molar refractivity (Wildman–Crippen MR) is 107 cm³/mol. The number of phenolic OH excluding ortho intramolecular Hbond substituents is 2. The Hall–Kier alpha value is -4.24. The van der Waals surface area contributed by atoms with Crippen molar-refractivity contribution >= 4 is 28.4 Å². The Labute approximate surface area is 173 Å². The van der Waals surface area contributed by atoms with Crippen LogP contribution in [0.3, 0.4) is 0 Å². The van der Waals surface area contributed by atoms with Crippen LogP contribution in [0.15, 0.2) is 30.3 Å². The van der Waals surface area contributed by atoms with E-state index < -0.39 is 31.9 Å². The van der Waals surface area contributed by atoms with E-state index in [4.69, 9.17) is 15.3 Å². The second-order valence-corrected chi connectivity index (χ2v) is 5.63. The predicted octanol–water partition coefficient (Wildman–Crippen LogP) is 1.32. The maximum Gasteiger partial charge on any atom is 0.319 e. The first-order chi connectivity index (χ1) is 14.6. The summed E-state index contributed by atoms with van der Waals surface area (Å²) in [5.41, 5.74) is -1.38. The number of nitro benzene ring substituents is 3. The molecule has 0 bridgehead atoms. The van der Waals surface area contributed by atoms with Gasteiger partial charge in [-0.2, -0.15) is 0 Å². The van der Waals surface area contributed by atoms with Crippen LogP contribution in [-0.4, -0.2) is 61.5 Å². The van der Waals surface area contributed by atoms with Gasteiger partial charge in [0.15, 0.2) is 0 Å². The van der Waals surface area contributed by atoms with Crippen LogP contribution < -0.4 is 10.6 Å². The fourth-order valence-corrected chi connectivity index (χ4v) is 2.19. The molecule has 0 heterocycles. The van der Waals surface area contributed by atoms with E-state index in [1.165, 1.54) is 12.1 Å². The van der Waals surface area contributed by atoms with Gasteiger partial charge in [-0.05, 0) is 12.1 Å². The third-order valence-corrected chi connectivity index (χ3v) is 3.51. The first kappa shape index (κ1) is 24.8. The van der Waals surface area contributed by atoms with Crippen LogP contribution in [0.2, 0.25) is 0 Å². The molecule has 0 aliphatic carbocycles. The van der Waals surface area contributed by atoms with Crippen molar-refractivity contribution in [3.63, 3.8) is 0 Å². The molecule has 15 nitrogen and oxygen atoms in total. The number of non-ortho nitro benzene ring substituents is 1. The summed E-state index contributed by atoms with van der Waals surface area (Å²) in [7, 11) is 0. The zero-order chi connectivity index (χ0) is 23.6. The largest absolute Gasteiger partial charge is 0.508 e. The Morgan fingerprint density at radius 2 is 1.29 bits per heavy atom. The maximum atomic E-state index is 10.6. The summed E-state index contributed by atoms with van der Waals surface area (Å²) in [6.07, 6.45) is 0. The molecule has 15 heteroatoms. The Morgan fingerprint density at radius 3 is 1.77 bits per heavy atom. The molecule has 0 aliphatic heterocycles. The van der Waals surface area contributed by atoms with Gasteiger partial charge in [0.1, 0.15) is 11.4 Å². The van der Waals surface area contributed by atoms with E-state index in [1.807, 2.05) is 0 Å². The number of hydrogen-bond donors (Lipinski definition) is 6. The van der Waals surface area contributed by atoms with Gasteiger partial charge < -0.3 is 31.1 Å². The Kier molecular flexibility index (Phi) is 9.35. The van der Waals surface area contributed by atoms with E-state index in [2.05, 4.69) is 10.6 Å². The molecule has 0 spiro atoms. The summed E-state index contributed by atoms with van der Waals surface area (Å²) >= 11 is 0. The molecule has 6 N–H and O–H groups in total. The number of nitrogens with zero attached hydrogens (tertiary/aromatic N) is 3. The minimum absolute atomic E-state index is 0.00584. The first-order valence-electron chi connectivity index (χ1n) is 8.45. The van der Waals surface area contributed by atoms with Crippen LogP contribution in [0.4, 0.5) is 28.4 Å². The van der Waals surface area contributed by atoms with Crippen LogP contribution in [0.25, 0.3) is 0 Å². The van der Waals surface area contributed by atoms with Gasteiger partial charge in [0.05, 0.1) is 45.8 Å². The molecule has 0 radical (unpaired) electrons.